The average Bonchev–Trinajstić information content (AvgIpc) is 2.90. The van der Waals surface area contributed by atoms with Gasteiger partial charge in [-0.05, 0) is 29.1 Å². The highest BCUT2D eigenvalue weighted by molar-refractivity contribution is 7.93. The van der Waals surface area contributed by atoms with E-state index in [4.69, 9.17) is 0 Å². The van der Waals surface area contributed by atoms with Crippen LogP contribution in [0.15, 0.2) is 65.6 Å². The van der Waals surface area contributed by atoms with E-state index >= 15 is 0 Å². The van der Waals surface area contributed by atoms with Crippen molar-refractivity contribution >= 4 is 32.4 Å². The molecule has 0 aliphatic carbocycles. The van der Waals surface area contributed by atoms with Gasteiger partial charge in [0.1, 0.15) is 12.4 Å². The maximum atomic E-state index is 14.1. The number of sulfonamides is 1. The van der Waals surface area contributed by atoms with Gasteiger partial charge >= 0.3 is 0 Å². The van der Waals surface area contributed by atoms with Gasteiger partial charge in [-0.1, -0.05) is 56.3 Å². The number of carbonyl (C=O) groups excluding carboxylic acids is 1. The Balaban J connectivity index is 1.54. The van der Waals surface area contributed by atoms with E-state index < -0.39 is 21.3 Å². The van der Waals surface area contributed by atoms with Gasteiger partial charge in [-0.15, -0.1) is 0 Å². The van der Waals surface area contributed by atoms with E-state index in [0.717, 1.165) is 9.69 Å². The number of nitrogens with zero attached hydrogens (tertiary/aromatic N) is 1. The third kappa shape index (κ3) is 3.25. The number of rotatable bonds is 5. The quantitative estimate of drug-likeness (QED) is 0.697. The molecule has 0 atom stereocenters. The maximum Gasteiger partial charge on any atom is 0.265 e. The van der Waals surface area contributed by atoms with E-state index in [1.54, 1.807) is 42.5 Å². The number of nitrogens with one attached hydrogen (secondary N) is 1. The number of benzene rings is 3. The monoisotopic (exact) mass is 412 g/mol. The van der Waals surface area contributed by atoms with Crippen LogP contribution in [-0.4, -0.2) is 27.4 Å². The first-order chi connectivity index (χ1) is 13.7. The lowest BCUT2D eigenvalue weighted by molar-refractivity contribution is -0.119. The maximum absolute atomic E-state index is 14.1. The van der Waals surface area contributed by atoms with Crippen molar-refractivity contribution in [3.8, 4) is 0 Å². The smallest absolute Gasteiger partial charge is 0.265 e. The number of hydrogen-bond acceptors (Lipinski definition) is 3. The zero-order chi connectivity index (χ0) is 20.8. The first-order valence-corrected chi connectivity index (χ1v) is 10.7. The second kappa shape index (κ2) is 6.84. The zero-order valence-electron chi connectivity index (χ0n) is 16.1. The molecule has 3 aromatic carbocycles. The molecule has 4 rings (SSSR count). The minimum absolute atomic E-state index is 0.178. The van der Waals surface area contributed by atoms with Crippen LogP contribution in [0, 0.1) is 5.82 Å². The minimum Gasteiger partial charge on any atom is -0.354 e. The van der Waals surface area contributed by atoms with E-state index in [-0.39, 0.29) is 23.8 Å². The van der Waals surface area contributed by atoms with Crippen molar-refractivity contribution in [1.29, 1.82) is 0 Å². The van der Waals surface area contributed by atoms with Crippen molar-refractivity contribution < 1.29 is 17.6 Å². The first-order valence-electron chi connectivity index (χ1n) is 9.28. The molecule has 0 fully saturated rings. The summed E-state index contributed by atoms with van der Waals surface area (Å²) in [6.07, 6.45) is 0. The van der Waals surface area contributed by atoms with Gasteiger partial charge in [0.05, 0.1) is 10.6 Å². The largest absolute Gasteiger partial charge is 0.354 e. The molecule has 0 radical (unpaired) electrons. The second-order valence-electron chi connectivity index (χ2n) is 7.78. The first kappa shape index (κ1) is 19.4. The number of hydrogen-bond donors (Lipinski definition) is 1. The fraction of sp³-hybridized carbons (Fsp3) is 0.227. The van der Waals surface area contributed by atoms with Crippen LogP contribution in [0.2, 0.25) is 0 Å². The number of anilines is 1. The Morgan fingerprint density at radius 2 is 1.72 bits per heavy atom. The van der Waals surface area contributed by atoms with Crippen molar-refractivity contribution in [3.63, 3.8) is 0 Å². The summed E-state index contributed by atoms with van der Waals surface area (Å²) in [5, 5.41) is 4.21. The van der Waals surface area contributed by atoms with Gasteiger partial charge in [-0.25, -0.2) is 12.8 Å². The Hall–Kier alpha value is -2.93. The highest BCUT2D eigenvalue weighted by atomic mass is 32.2. The molecule has 0 saturated heterocycles. The number of halogens is 1. The van der Waals surface area contributed by atoms with Crippen LogP contribution in [0.1, 0.15) is 19.4 Å². The molecule has 3 aromatic rings. The van der Waals surface area contributed by atoms with Crippen molar-refractivity contribution in [3.05, 3.63) is 72.0 Å². The van der Waals surface area contributed by atoms with Crippen molar-refractivity contribution in [2.45, 2.75) is 24.2 Å². The van der Waals surface area contributed by atoms with Gasteiger partial charge in [-0.3, -0.25) is 9.10 Å². The number of carbonyl (C=O) groups is 1. The molecule has 0 bridgehead atoms. The van der Waals surface area contributed by atoms with Crippen LogP contribution in [0.5, 0.6) is 0 Å². The average molecular weight is 412 g/mol. The van der Waals surface area contributed by atoms with Crippen molar-refractivity contribution in [2.75, 3.05) is 17.4 Å². The highest BCUT2D eigenvalue weighted by Crippen LogP contribution is 2.41. The van der Waals surface area contributed by atoms with Crippen molar-refractivity contribution in [2.24, 2.45) is 0 Å². The Morgan fingerprint density at radius 1 is 1.03 bits per heavy atom. The molecule has 1 aliphatic heterocycles. The van der Waals surface area contributed by atoms with Gasteiger partial charge in [0.2, 0.25) is 5.91 Å². The molecule has 0 unspecified atom stereocenters. The Kier molecular flexibility index (Phi) is 4.58. The molecule has 1 N–H and O–H groups in total. The molecule has 1 aliphatic rings. The molecule has 0 saturated carbocycles. The van der Waals surface area contributed by atoms with Crippen LogP contribution in [-0.2, 0) is 20.2 Å². The van der Waals surface area contributed by atoms with E-state index in [1.165, 1.54) is 6.07 Å². The lowest BCUT2D eigenvalue weighted by Crippen LogP contribution is -2.43. The zero-order valence-corrected chi connectivity index (χ0v) is 17.0. The predicted octanol–water partition coefficient (Wildman–Crippen LogP) is 3.58. The summed E-state index contributed by atoms with van der Waals surface area (Å²) in [7, 11) is -3.79. The van der Waals surface area contributed by atoms with E-state index in [2.05, 4.69) is 5.32 Å². The van der Waals surface area contributed by atoms with Gasteiger partial charge in [0.15, 0.2) is 0 Å². The fourth-order valence-corrected chi connectivity index (χ4v) is 5.41. The van der Waals surface area contributed by atoms with Gasteiger partial charge in [-0.2, -0.15) is 0 Å². The summed E-state index contributed by atoms with van der Waals surface area (Å²) >= 11 is 0. The fourth-order valence-electron chi connectivity index (χ4n) is 3.74. The van der Waals surface area contributed by atoms with Gasteiger partial charge in [0.25, 0.3) is 10.0 Å². The molecular weight excluding hydrogens is 391 g/mol. The van der Waals surface area contributed by atoms with Crippen LogP contribution in [0.4, 0.5) is 10.1 Å². The SMILES string of the molecule is CC(C)(CNC(=O)CN1c2cccc3cccc(c23)S1(=O)=O)c1ccccc1F. The molecule has 150 valence electrons. The molecule has 0 aromatic heterocycles. The van der Waals surface area contributed by atoms with Crippen LogP contribution >= 0.6 is 0 Å². The minimum atomic E-state index is -3.79. The van der Waals surface area contributed by atoms with E-state index in [0.29, 0.717) is 16.6 Å². The number of amides is 1. The Labute approximate surface area is 169 Å². The molecule has 0 spiro atoms. The summed E-state index contributed by atoms with van der Waals surface area (Å²) < 4.78 is 41.2. The summed E-state index contributed by atoms with van der Waals surface area (Å²) in [6.45, 7) is 3.50. The molecule has 1 heterocycles. The topological polar surface area (TPSA) is 66.5 Å². The molecule has 1 amide bonds. The second-order valence-corrected chi connectivity index (χ2v) is 9.61. The summed E-state index contributed by atoms with van der Waals surface area (Å²) in [5.74, 6) is -0.779. The van der Waals surface area contributed by atoms with Crippen LogP contribution in [0.25, 0.3) is 10.8 Å². The standard InChI is InChI=1S/C22H21FN2O3S/c1-22(2,16-9-3-4-10-17(16)23)14-24-20(26)13-25-18-11-5-7-15-8-6-12-19(21(15)18)29(25,27)28/h3-12H,13-14H2,1-2H3,(H,24,26). The Bertz CT molecular complexity index is 1220. The molecule has 7 heteroatoms. The highest BCUT2D eigenvalue weighted by Gasteiger charge is 2.36. The van der Waals surface area contributed by atoms with Crippen LogP contribution in [0.3, 0.4) is 0 Å². The summed E-state index contributed by atoms with van der Waals surface area (Å²) in [6, 6.07) is 16.8. The van der Waals surface area contributed by atoms with E-state index in [9.17, 15) is 17.6 Å². The summed E-state index contributed by atoms with van der Waals surface area (Å²) in [5.41, 5.74) is 0.348. The van der Waals surface area contributed by atoms with Crippen molar-refractivity contribution in [1.82, 2.24) is 5.32 Å². The van der Waals surface area contributed by atoms with Crippen LogP contribution < -0.4 is 9.62 Å². The normalized spacial score (nSPS) is 14.9. The van der Waals surface area contributed by atoms with Gasteiger partial charge < -0.3 is 5.32 Å². The molecule has 5 nitrogen and oxygen atoms in total. The molecule has 29 heavy (non-hydrogen) atoms. The van der Waals surface area contributed by atoms with Gasteiger partial charge in [0, 0.05) is 17.3 Å². The lowest BCUT2D eigenvalue weighted by atomic mass is 9.84. The third-order valence-corrected chi connectivity index (χ3v) is 7.10. The predicted molar refractivity (Wildman–Crippen MR) is 111 cm³/mol. The summed E-state index contributed by atoms with van der Waals surface area (Å²) in [4.78, 5) is 12.8. The Morgan fingerprint density at radius 3 is 2.45 bits per heavy atom. The van der Waals surface area contributed by atoms with E-state index in [1.807, 2.05) is 26.0 Å². The molecular formula is C22H21FN2O3S. The lowest BCUT2D eigenvalue weighted by Gasteiger charge is -2.27. The third-order valence-electron chi connectivity index (χ3n) is 5.30.